The average Bonchev–Trinajstić information content (AvgIpc) is 2.92. The second-order valence-corrected chi connectivity index (χ2v) is 9.97. The highest BCUT2D eigenvalue weighted by Gasteiger charge is 2.31. The highest BCUT2D eigenvalue weighted by molar-refractivity contribution is 7.99. The normalized spacial score (nSPS) is 16.1. The molecule has 2 heterocycles. The molecule has 3 rings (SSSR count). The van der Waals surface area contributed by atoms with Crippen molar-refractivity contribution < 1.29 is 8.42 Å². The SMILES string of the molecule is Cc1nn(CCSc2ccc(Cl)cc2)c(C)c1S(=O)(=O)N1CCCCC1. The van der Waals surface area contributed by atoms with E-state index in [0.29, 0.717) is 30.2 Å². The van der Waals surface area contributed by atoms with Crippen molar-refractivity contribution in [2.24, 2.45) is 0 Å². The minimum absolute atomic E-state index is 0.385. The molecule has 5 nitrogen and oxygen atoms in total. The van der Waals surface area contributed by atoms with Gasteiger partial charge in [-0.3, -0.25) is 4.68 Å². The molecule has 1 aliphatic heterocycles. The second kappa shape index (κ2) is 8.33. The van der Waals surface area contributed by atoms with Gasteiger partial charge in [-0.25, -0.2) is 8.42 Å². The summed E-state index contributed by atoms with van der Waals surface area (Å²) in [6, 6.07) is 7.72. The summed E-state index contributed by atoms with van der Waals surface area (Å²) in [7, 11) is -3.46. The number of hydrogen-bond donors (Lipinski definition) is 0. The van der Waals surface area contributed by atoms with E-state index in [1.54, 1.807) is 23.0 Å². The number of halogens is 1. The number of piperidine rings is 1. The van der Waals surface area contributed by atoms with E-state index < -0.39 is 10.0 Å². The van der Waals surface area contributed by atoms with Crippen LogP contribution in [0, 0.1) is 13.8 Å². The van der Waals surface area contributed by atoms with Crippen LogP contribution in [0.15, 0.2) is 34.1 Å². The summed E-state index contributed by atoms with van der Waals surface area (Å²) in [6.45, 7) is 5.52. The third-order valence-corrected chi connectivity index (χ3v) is 8.01. The maximum atomic E-state index is 13.0. The van der Waals surface area contributed by atoms with Gasteiger partial charge in [0, 0.05) is 28.8 Å². The summed E-state index contributed by atoms with van der Waals surface area (Å²) in [5, 5.41) is 5.22. The monoisotopic (exact) mass is 413 g/mol. The Morgan fingerprint density at radius 3 is 2.42 bits per heavy atom. The standard InChI is InChI=1S/C18H24ClN3O2S2/c1-14-18(26(23,24)21-10-4-3-5-11-21)15(2)22(20-14)12-13-25-17-8-6-16(19)7-9-17/h6-9H,3-5,10-13H2,1-2H3. The zero-order valence-corrected chi connectivity index (χ0v) is 17.5. The number of thioether (sulfide) groups is 1. The van der Waals surface area contributed by atoms with E-state index in [4.69, 9.17) is 11.6 Å². The maximum Gasteiger partial charge on any atom is 0.246 e. The Hall–Kier alpha value is -1.02. The smallest absolute Gasteiger partial charge is 0.246 e. The van der Waals surface area contributed by atoms with Crippen molar-refractivity contribution in [3.8, 4) is 0 Å². The largest absolute Gasteiger partial charge is 0.267 e. The van der Waals surface area contributed by atoms with Crippen LogP contribution < -0.4 is 0 Å². The Bertz CT molecular complexity index is 857. The van der Waals surface area contributed by atoms with Crippen molar-refractivity contribution >= 4 is 33.4 Å². The second-order valence-electron chi connectivity index (χ2n) is 6.49. The van der Waals surface area contributed by atoms with Gasteiger partial charge >= 0.3 is 0 Å². The number of nitrogens with zero attached hydrogens (tertiary/aromatic N) is 3. The van der Waals surface area contributed by atoms with Gasteiger partial charge in [0.1, 0.15) is 4.90 Å². The fourth-order valence-electron chi connectivity index (χ4n) is 3.29. The van der Waals surface area contributed by atoms with Crippen LogP contribution in [0.3, 0.4) is 0 Å². The molecule has 1 aliphatic rings. The topological polar surface area (TPSA) is 55.2 Å². The molecule has 0 atom stereocenters. The number of aryl methyl sites for hydroxylation is 2. The molecule has 0 radical (unpaired) electrons. The van der Waals surface area contributed by atoms with Crippen LogP contribution in [-0.4, -0.2) is 41.3 Å². The molecule has 1 aromatic carbocycles. The minimum atomic E-state index is -3.46. The van der Waals surface area contributed by atoms with Crippen LogP contribution in [0.1, 0.15) is 30.7 Å². The van der Waals surface area contributed by atoms with Crippen LogP contribution in [0.5, 0.6) is 0 Å². The fourth-order valence-corrected chi connectivity index (χ4v) is 6.13. The molecule has 26 heavy (non-hydrogen) atoms. The number of hydrogen-bond acceptors (Lipinski definition) is 4. The molecular formula is C18H24ClN3O2S2. The zero-order valence-electron chi connectivity index (χ0n) is 15.1. The summed E-state index contributed by atoms with van der Waals surface area (Å²) in [6.07, 6.45) is 2.97. The molecule has 8 heteroatoms. The Labute approximate surface area is 164 Å². The number of sulfonamides is 1. The summed E-state index contributed by atoms with van der Waals surface area (Å²) < 4.78 is 29.5. The van der Waals surface area contributed by atoms with E-state index in [0.717, 1.165) is 40.6 Å². The molecule has 0 saturated carbocycles. The van der Waals surface area contributed by atoms with Gasteiger partial charge in [-0.15, -0.1) is 11.8 Å². The lowest BCUT2D eigenvalue weighted by Gasteiger charge is -2.26. The lowest BCUT2D eigenvalue weighted by Crippen LogP contribution is -2.36. The molecule has 0 unspecified atom stereocenters. The first-order valence-corrected chi connectivity index (χ1v) is 11.6. The van der Waals surface area contributed by atoms with Crippen molar-refractivity contribution in [2.45, 2.75) is 49.4 Å². The van der Waals surface area contributed by atoms with E-state index in [1.807, 2.05) is 35.9 Å². The number of rotatable bonds is 6. The Morgan fingerprint density at radius 1 is 1.12 bits per heavy atom. The van der Waals surface area contributed by atoms with Crippen LogP contribution in [0.2, 0.25) is 5.02 Å². The van der Waals surface area contributed by atoms with E-state index in [1.165, 1.54) is 0 Å². The molecule has 1 aromatic heterocycles. The van der Waals surface area contributed by atoms with E-state index in [-0.39, 0.29) is 0 Å². The number of benzene rings is 1. The molecular weight excluding hydrogens is 390 g/mol. The third kappa shape index (κ3) is 4.27. The van der Waals surface area contributed by atoms with Crippen molar-refractivity contribution in [3.63, 3.8) is 0 Å². The van der Waals surface area contributed by atoms with Gasteiger partial charge in [-0.05, 0) is 51.0 Å². The van der Waals surface area contributed by atoms with Gasteiger partial charge in [0.15, 0.2) is 0 Å². The zero-order chi connectivity index (χ0) is 18.7. The van der Waals surface area contributed by atoms with Crippen LogP contribution in [-0.2, 0) is 16.6 Å². The Kier molecular flexibility index (Phi) is 6.33. The highest BCUT2D eigenvalue weighted by atomic mass is 35.5. The van der Waals surface area contributed by atoms with Crippen molar-refractivity contribution in [2.75, 3.05) is 18.8 Å². The molecule has 0 bridgehead atoms. The van der Waals surface area contributed by atoms with Crippen LogP contribution in [0.25, 0.3) is 0 Å². The van der Waals surface area contributed by atoms with Crippen molar-refractivity contribution in [1.29, 1.82) is 0 Å². The predicted octanol–water partition coefficient (Wildman–Crippen LogP) is 4.12. The molecule has 1 fully saturated rings. The van der Waals surface area contributed by atoms with Gasteiger partial charge in [0.25, 0.3) is 0 Å². The average molecular weight is 414 g/mol. The molecule has 1 saturated heterocycles. The summed E-state index contributed by atoms with van der Waals surface area (Å²) in [4.78, 5) is 1.52. The summed E-state index contributed by atoms with van der Waals surface area (Å²) >= 11 is 7.61. The molecule has 0 amide bonds. The fraction of sp³-hybridized carbons (Fsp3) is 0.500. The predicted molar refractivity (Wildman–Crippen MR) is 106 cm³/mol. The van der Waals surface area contributed by atoms with Gasteiger partial charge in [-0.2, -0.15) is 9.40 Å². The van der Waals surface area contributed by atoms with Crippen molar-refractivity contribution in [3.05, 3.63) is 40.7 Å². The minimum Gasteiger partial charge on any atom is -0.267 e. The van der Waals surface area contributed by atoms with Crippen molar-refractivity contribution in [1.82, 2.24) is 14.1 Å². The molecule has 142 valence electrons. The van der Waals surface area contributed by atoms with Gasteiger partial charge in [-0.1, -0.05) is 18.0 Å². The Balaban J connectivity index is 1.72. The van der Waals surface area contributed by atoms with Gasteiger partial charge < -0.3 is 0 Å². The van der Waals surface area contributed by atoms with E-state index in [2.05, 4.69) is 5.10 Å². The summed E-state index contributed by atoms with van der Waals surface area (Å²) in [5.41, 5.74) is 1.31. The maximum absolute atomic E-state index is 13.0. The summed E-state index contributed by atoms with van der Waals surface area (Å²) in [5.74, 6) is 0.812. The molecule has 2 aromatic rings. The molecule has 0 spiro atoms. The molecule has 0 aliphatic carbocycles. The van der Waals surface area contributed by atoms with Gasteiger partial charge in [0.05, 0.1) is 17.9 Å². The van der Waals surface area contributed by atoms with Gasteiger partial charge in [0.2, 0.25) is 10.0 Å². The third-order valence-electron chi connectivity index (χ3n) is 4.61. The first kappa shape index (κ1) is 19.7. The highest BCUT2D eigenvalue weighted by Crippen LogP contribution is 2.27. The number of aromatic nitrogens is 2. The first-order valence-electron chi connectivity index (χ1n) is 8.82. The first-order chi connectivity index (χ1) is 12.4. The Morgan fingerprint density at radius 2 is 1.77 bits per heavy atom. The van der Waals surface area contributed by atoms with Crippen LogP contribution >= 0.6 is 23.4 Å². The lowest BCUT2D eigenvalue weighted by atomic mass is 10.2. The van der Waals surface area contributed by atoms with E-state index >= 15 is 0 Å². The quantitative estimate of drug-likeness (QED) is 0.668. The molecule has 0 N–H and O–H groups in total. The lowest BCUT2D eigenvalue weighted by molar-refractivity contribution is 0.346. The van der Waals surface area contributed by atoms with E-state index in [9.17, 15) is 8.42 Å². The van der Waals surface area contributed by atoms with Crippen LogP contribution in [0.4, 0.5) is 0 Å².